The lowest BCUT2D eigenvalue weighted by Crippen LogP contribution is -2.28. The predicted octanol–water partition coefficient (Wildman–Crippen LogP) is 6.09. The van der Waals surface area contributed by atoms with Crippen molar-refractivity contribution in [2.45, 2.75) is 12.7 Å². The molecule has 32 heavy (non-hydrogen) atoms. The molecule has 0 radical (unpaired) electrons. The molecule has 0 aliphatic carbocycles. The van der Waals surface area contributed by atoms with E-state index in [1.807, 2.05) is 18.2 Å². The summed E-state index contributed by atoms with van der Waals surface area (Å²) in [6, 6.07) is 15.8. The third-order valence-corrected chi connectivity index (χ3v) is 5.21. The molecule has 0 saturated heterocycles. The highest BCUT2D eigenvalue weighted by atomic mass is 35.5. The summed E-state index contributed by atoms with van der Waals surface area (Å²) < 4.78 is 18.8. The number of methoxy groups -OCH3 is 1. The van der Waals surface area contributed by atoms with E-state index in [1.54, 1.807) is 37.4 Å². The van der Waals surface area contributed by atoms with Crippen LogP contribution in [0, 0.1) is 0 Å². The fraction of sp³-hybridized carbons (Fsp3) is 0.130. The number of carbonyl (C=O) groups excluding carboxylic acids is 1. The number of hydrogen-bond donors (Lipinski definition) is 3. The number of carbonyl (C=O) groups is 2. The van der Waals surface area contributed by atoms with Crippen molar-refractivity contribution in [3.05, 3.63) is 81.8 Å². The summed E-state index contributed by atoms with van der Waals surface area (Å²) in [6.45, 7) is 0.150. The Morgan fingerprint density at radius 3 is 2.28 bits per heavy atom. The van der Waals surface area contributed by atoms with E-state index in [-0.39, 0.29) is 12.1 Å². The number of para-hydroxylation sites is 1. The van der Waals surface area contributed by atoms with E-state index in [9.17, 15) is 14.0 Å². The molecule has 6 nitrogen and oxygen atoms in total. The molecule has 0 aliphatic rings. The number of alkyl halides is 1. The first-order chi connectivity index (χ1) is 15.3. The molecule has 0 saturated carbocycles. The van der Waals surface area contributed by atoms with Gasteiger partial charge >= 0.3 is 12.0 Å². The second-order valence-electron chi connectivity index (χ2n) is 6.77. The van der Waals surface area contributed by atoms with Gasteiger partial charge in [0.25, 0.3) is 0 Å². The quantitative estimate of drug-likeness (QED) is 0.385. The SMILES string of the molecule is COc1ccccc1-c1c(Cl)cc(NC(=O)NCc2ccc(C(F)C(=O)O)cc2)cc1Cl. The molecule has 1 unspecified atom stereocenters. The molecule has 0 aliphatic heterocycles. The largest absolute Gasteiger partial charge is 0.496 e. The average Bonchev–Trinajstić information content (AvgIpc) is 2.77. The zero-order valence-corrected chi connectivity index (χ0v) is 18.4. The van der Waals surface area contributed by atoms with E-state index in [4.69, 9.17) is 33.0 Å². The number of amides is 2. The van der Waals surface area contributed by atoms with Crippen LogP contribution in [0.5, 0.6) is 5.75 Å². The summed E-state index contributed by atoms with van der Waals surface area (Å²) in [4.78, 5) is 23.0. The van der Waals surface area contributed by atoms with Crippen LogP contribution < -0.4 is 15.4 Å². The van der Waals surface area contributed by atoms with Crippen molar-refractivity contribution in [1.82, 2.24) is 5.32 Å². The van der Waals surface area contributed by atoms with E-state index in [2.05, 4.69) is 10.6 Å². The Hall–Kier alpha value is -3.29. The first kappa shape index (κ1) is 23.4. The normalized spacial score (nSPS) is 11.5. The van der Waals surface area contributed by atoms with Crippen molar-refractivity contribution in [2.24, 2.45) is 0 Å². The molecule has 9 heteroatoms. The lowest BCUT2D eigenvalue weighted by Gasteiger charge is -2.14. The maximum Gasteiger partial charge on any atom is 0.343 e. The summed E-state index contributed by atoms with van der Waals surface area (Å²) >= 11 is 12.9. The Labute approximate surface area is 193 Å². The minimum atomic E-state index is -2.09. The van der Waals surface area contributed by atoms with E-state index in [1.165, 1.54) is 12.1 Å². The second kappa shape index (κ2) is 10.3. The van der Waals surface area contributed by atoms with Crippen LogP contribution in [-0.2, 0) is 11.3 Å². The molecule has 0 fully saturated rings. The fourth-order valence-corrected chi connectivity index (χ4v) is 3.75. The van der Waals surface area contributed by atoms with E-state index in [0.29, 0.717) is 32.6 Å². The number of hydrogen-bond acceptors (Lipinski definition) is 3. The van der Waals surface area contributed by atoms with Crippen LogP contribution in [0.4, 0.5) is 14.9 Å². The maximum absolute atomic E-state index is 13.5. The van der Waals surface area contributed by atoms with Gasteiger partial charge in [-0.25, -0.2) is 14.0 Å². The van der Waals surface area contributed by atoms with E-state index < -0.39 is 18.2 Å². The highest BCUT2D eigenvalue weighted by molar-refractivity contribution is 6.40. The fourth-order valence-electron chi connectivity index (χ4n) is 3.06. The Bertz CT molecular complexity index is 1120. The molecule has 0 aromatic heterocycles. The van der Waals surface area contributed by atoms with Crippen molar-refractivity contribution < 1.29 is 23.8 Å². The van der Waals surface area contributed by atoms with Crippen LogP contribution in [0.15, 0.2) is 60.7 Å². The van der Waals surface area contributed by atoms with Gasteiger partial charge in [-0.3, -0.25) is 0 Å². The third kappa shape index (κ3) is 5.49. The number of carboxylic acids is 1. The van der Waals surface area contributed by atoms with Gasteiger partial charge in [-0.1, -0.05) is 65.7 Å². The van der Waals surface area contributed by atoms with E-state index in [0.717, 1.165) is 5.56 Å². The van der Waals surface area contributed by atoms with Gasteiger partial charge < -0.3 is 20.5 Å². The summed E-state index contributed by atoms with van der Waals surface area (Å²) in [6.07, 6.45) is -2.09. The Morgan fingerprint density at radius 1 is 1.06 bits per heavy atom. The van der Waals surface area contributed by atoms with Crippen LogP contribution in [0.1, 0.15) is 17.3 Å². The van der Waals surface area contributed by atoms with Crippen molar-refractivity contribution in [3.63, 3.8) is 0 Å². The minimum Gasteiger partial charge on any atom is -0.496 e. The number of ether oxygens (including phenoxy) is 1. The summed E-state index contributed by atoms with van der Waals surface area (Å²) in [5.74, 6) is -0.937. The molecule has 3 N–H and O–H groups in total. The highest BCUT2D eigenvalue weighted by Crippen LogP contribution is 2.41. The maximum atomic E-state index is 13.5. The van der Waals surface area contributed by atoms with Gasteiger partial charge in [0.15, 0.2) is 0 Å². The van der Waals surface area contributed by atoms with Crippen molar-refractivity contribution in [1.29, 1.82) is 0 Å². The molecule has 0 spiro atoms. The predicted molar refractivity (Wildman–Crippen MR) is 122 cm³/mol. The van der Waals surface area contributed by atoms with Crippen LogP contribution in [0.25, 0.3) is 11.1 Å². The summed E-state index contributed by atoms with van der Waals surface area (Å²) in [7, 11) is 1.55. The van der Waals surface area contributed by atoms with Crippen LogP contribution in [0.2, 0.25) is 10.0 Å². The van der Waals surface area contributed by atoms with Crippen LogP contribution in [0.3, 0.4) is 0 Å². The lowest BCUT2D eigenvalue weighted by molar-refractivity contribution is -0.143. The van der Waals surface area contributed by atoms with Crippen LogP contribution >= 0.6 is 23.2 Å². The van der Waals surface area contributed by atoms with Gasteiger partial charge in [0.2, 0.25) is 6.17 Å². The summed E-state index contributed by atoms with van der Waals surface area (Å²) in [5.41, 5.74) is 2.41. The van der Waals surface area contributed by atoms with Gasteiger partial charge in [-0.2, -0.15) is 0 Å². The van der Waals surface area contributed by atoms with Gasteiger partial charge in [0.1, 0.15) is 5.75 Å². The number of carboxylic acid groups (broad SMARTS) is 1. The molecular formula is C23H19Cl2FN2O4. The molecule has 2 amide bonds. The number of rotatable bonds is 7. The third-order valence-electron chi connectivity index (χ3n) is 4.62. The Kier molecular flexibility index (Phi) is 7.56. The zero-order valence-electron chi connectivity index (χ0n) is 16.9. The Morgan fingerprint density at radius 2 is 1.69 bits per heavy atom. The second-order valence-corrected chi connectivity index (χ2v) is 7.58. The molecule has 166 valence electrons. The topological polar surface area (TPSA) is 87.7 Å². The molecule has 0 bridgehead atoms. The number of aliphatic carboxylic acids is 1. The van der Waals surface area contributed by atoms with Gasteiger partial charge in [-0.05, 0) is 29.3 Å². The first-order valence-corrected chi connectivity index (χ1v) is 10.2. The van der Waals surface area contributed by atoms with Crippen molar-refractivity contribution in [3.8, 4) is 16.9 Å². The Balaban J connectivity index is 1.66. The summed E-state index contributed by atoms with van der Waals surface area (Å²) in [5, 5.41) is 14.7. The van der Waals surface area contributed by atoms with Crippen molar-refractivity contribution in [2.75, 3.05) is 12.4 Å². The molecule has 0 heterocycles. The lowest BCUT2D eigenvalue weighted by atomic mass is 10.0. The monoisotopic (exact) mass is 476 g/mol. The highest BCUT2D eigenvalue weighted by Gasteiger charge is 2.18. The minimum absolute atomic E-state index is 0.0325. The molecule has 3 aromatic rings. The standard InChI is InChI=1S/C23H19Cl2FN2O4/c1-32-19-5-3-2-4-16(19)20-17(24)10-15(11-18(20)25)28-23(31)27-12-13-6-8-14(9-7-13)21(26)22(29)30/h2-11,21H,12H2,1H3,(H,29,30)(H2,27,28,31). The number of urea groups is 1. The van der Waals surface area contributed by atoms with Crippen molar-refractivity contribution >= 4 is 40.9 Å². The molecule has 1 atom stereocenters. The molecule has 3 aromatic carbocycles. The number of benzene rings is 3. The number of anilines is 1. The van der Waals surface area contributed by atoms with Gasteiger partial charge in [0, 0.05) is 23.4 Å². The number of nitrogens with one attached hydrogen (secondary N) is 2. The van der Waals surface area contributed by atoms with Gasteiger partial charge in [0.05, 0.1) is 17.2 Å². The van der Waals surface area contributed by atoms with Gasteiger partial charge in [-0.15, -0.1) is 0 Å². The van der Waals surface area contributed by atoms with E-state index >= 15 is 0 Å². The average molecular weight is 477 g/mol. The molecular weight excluding hydrogens is 458 g/mol. The smallest absolute Gasteiger partial charge is 0.343 e. The molecule has 3 rings (SSSR count). The van der Waals surface area contributed by atoms with Crippen LogP contribution in [-0.4, -0.2) is 24.2 Å². The first-order valence-electron chi connectivity index (χ1n) is 9.43. The zero-order chi connectivity index (χ0) is 23.3. The number of halogens is 3.